The topological polar surface area (TPSA) is 81.8 Å². The molecular formula is C13H19NO4. The fourth-order valence-corrected chi connectivity index (χ4v) is 1.29. The van der Waals surface area contributed by atoms with Crippen LogP contribution in [-0.2, 0) is 9.47 Å². The maximum atomic E-state index is 11.7. The van der Waals surface area contributed by atoms with Crippen LogP contribution in [0.5, 0.6) is 5.75 Å². The van der Waals surface area contributed by atoms with Crippen molar-refractivity contribution in [2.45, 2.75) is 25.9 Å². The Hall–Kier alpha value is -1.75. The molecule has 0 aliphatic carbocycles. The van der Waals surface area contributed by atoms with Gasteiger partial charge in [0.2, 0.25) is 0 Å². The lowest BCUT2D eigenvalue weighted by Crippen LogP contribution is -2.25. The van der Waals surface area contributed by atoms with Crippen molar-refractivity contribution in [3.05, 3.63) is 23.8 Å². The quantitative estimate of drug-likeness (QED) is 0.476. The van der Waals surface area contributed by atoms with E-state index in [9.17, 15) is 9.90 Å². The summed E-state index contributed by atoms with van der Waals surface area (Å²) < 4.78 is 10.3. The Labute approximate surface area is 107 Å². The largest absolute Gasteiger partial charge is 0.508 e. The van der Waals surface area contributed by atoms with Gasteiger partial charge in [-0.05, 0) is 32.0 Å². The number of hydrogen-bond donors (Lipinski definition) is 2. The van der Waals surface area contributed by atoms with Crippen LogP contribution in [-0.4, -0.2) is 30.4 Å². The Balaban J connectivity index is 2.58. The number of benzene rings is 1. The smallest absolute Gasteiger partial charge is 0.340 e. The van der Waals surface area contributed by atoms with Crippen molar-refractivity contribution < 1.29 is 19.4 Å². The number of anilines is 1. The first-order valence-corrected chi connectivity index (χ1v) is 5.66. The average Bonchev–Trinajstić information content (AvgIpc) is 2.32. The fourth-order valence-electron chi connectivity index (χ4n) is 1.29. The van der Waals surface area contributed by atoms with Crippen LogP contribution in [0.15, 0.2) is 18.2 Å². The van der Waals surface area contributed by atoms with Gasteiger partial charge in [-0.25, -0.2) is 4.79 Å². The van der Waals surface area contributed by atoms with Gasteiger partial charge >= 0.3 is 5.97 Å². The molecule has 1 aromatic carbocycles. The third kappa shape index (κ3) is 3.92. The number of rotatable bonds is 5. The molecule has 5 heteroatoms. The molecule has 0 spiro atoms. The number of nitrogens with two attached hydrogens (primary N) is 1. The van der Waals surface area contributed by atoms with Gasteiger partial charge in [-0.15, -0.1) is 0 Å². The number of nitrogen functional groups attached to an aromatic ring is 1. The molecule has 5 nitrogen and oxygen atoms in total. The summed E-state index contributed by atoms with van der Waals surface area (Å²) >= 11 is 0. The molecule has 0 atom stereocenters. The van der Waals surface area contributed by atoms with Crippen molar-refractivity contribution in [3.63, 3.8) is 0 Å². The number of carbonyl (C=O) groups is 1. The Morgan fingerprint density at radius 3 is 2.72 bits per heavy atom. The standard InChI is InChI=1S/C13H19NO4/c1-13(2,17-3)6-7-18-12(16)10-8-9(15)4-5-11(10)14/h4-5,8,15H,6-7,14H2,1-3H3. The molecule has 100 valence electrons. The van der Waals surface area contributed by atoms with E-state index in [0.717, 1.165) is 0 Å². The van der Waals surface area contributed by atoms with E-state index in [2.05, 4.69) is 0 Å². The van der Waals surface area contributed by atoms with Gasteiger partial charge in [-0.1, -0.05) is 0 Å². The number of esters is 1. The number of methoxy groups -OCH3 is 1. The lowest BCUT2D eigenvalue weighted by Gasteiger charge is -2.22. The molecule has 0 bridgehead atoms. The van der Waals surface area contributed by atoms with Crippen LogP contribution >= 0.6 is 0 Å². The van der Waals surface area contributed by atoms with Gasteiger partial charge in [0, 0.05) is 19.2 Å². The fraction of sp³-hybridized carbons (Fsp3) is 0.462. The molecule has 1 aromatic rings. The monoisotopic (exact) mass is 253 g/mol. The van der Waals surface area contributed by atoms with Gasteiger partial charge in [-0.3, -0.25) is 0 Å². The molecule has 0 unspecified atom stereocenters. The molecule has 3 N–H and O–H groups in total. The second-order valence-corrected chi connectivity index (χ2v) is 4.62. The van der Waals surface area contributed by atoms with E-state index in [4.69, 9.17) is 15.2 Å². The molecule has 0 aliphatic rings. The van der Waals surface area contributed by atoms with Gasteiger partial charge in [0.05, 0.1) is 17.8 Å². The highest BCUT2D eigenvalue weighted by atomic mass is 16.5. The SMILES string of the molecule is COC(C)(C)CCOC(=O)c1cc(O)ccc1N. The average molecular weight is 253 g/mol. The zero-order valence-electron chi connectivity index (χ0n) is 10.9. The molecule has 0 aromatic heterocycles. The maximum Gasteiger partial charge on any atom is 0.340 e. The summed E-state index contributed by atoms with van der Waals surface area (Å²) in [5.74, 6) is -0.566. The number of ether oxygens (including phenoxy) is 2. The highest BCUT2D eigenvalue weighted by molar-refractivity contribution is 5.95. The number of carbonyl (C=O) groups excluding carboxylic acids is 1. The molecule has 0 radical (unpaired) electrons. The lowest BCUT2D eigenvalue weighted by atomic mass is 10.1. The van der Waals surface area contributed by atoms with Gasteiger partial charge in [-0.2, -0.15) is 0 Å². The summed E-state index contributed by atoms with van der Waals surface area (Å²) in [6.45, 7) is 4.04. The summed E-state index contributed by atoms with van der Waals surface area (Å²) in [6.07, 6.45) is 0.577. The highest BCUT2D eigenvalue weighted by Gasteiger charge is 2.18. The molecule has 0 aliphatic heterocycles. The van der Waals surface area contributed by atoms with Crippen molar-refractivity contribution in [2.24, 2.45) is 0 Å². The highest BCUT2D eigenvalue weighted by Crippen LogP contribution is 2.20. The first-order valence-electron chi connectivity index (χ1n) is 5.66. The molecule has 18 heavy (non-hydrogen) atoms. The third-order valence-corrected chi connectivity index (χ3v) is 2.75. The van der Waals surface area contributed by atoms with Crippen molar-refractivity contribution in [1.29, 1.82) is 0 Å². The van der Waals surface area contributed by atoms with Crippen LogP contribution in [0.3, 0.4) is 0 Å². The molecule has 0 heterocycles. The van der Waals surface area contributed by atoms with E-state index in [1.165, 1.54) is 18.2 Å². The predicted octanol–water partition coefficient (Wildman–Crippen LogP) is 1.95. The summed E-state index contributed by atoms with van der Waals surface area (Å²) in [5.41, 5.74) is 5.75. The third-order valence-electron chi connectivity index (χ3n) is 2.75. The van der Waals surface area contributed by atoms with E-state index >= 15 is 0 Å². The minimum atomic E-state index is -0.546. The Morgan fingerprint density at radius 1 is 1.44 bits per heavy atom. The molecule has 0 saturated heterocycles. The van der Waals surface area contributed by atoms with Crippen molar-refractivity contribution in [2.75, 3.05) is 19.5 Å². The van der Waals surface area contributed by atoms with Gasteiger partial charge in [0.15, 0.2) is 0 Å². The second kappa shape index (κ2) is 5.73. The van der Waals surface area contributed by atoms with Gasteiger partial charge < -0.3 is 20.3 Å². The number of hydrogen-bond acceptors (Lipinski definition) is 5. The van der Waals surface area contributed by atoms with E-state index < -0.39 is 5.97 Å². The Bertz CT molecular complexity index is 429. The lowest BCUT2D eigenvalue weighted by molar-refractivity contribution is -0.00561. The number of phenols is 1. The first-order chi connectivity index (χ1) is 8.35. The maximum absolute atomic E-state index is 11.7. The van der Waals surface area contributed by atoms with E-state index in [0.29, 0.717) is 6.42 Å². The molecular weight excluding hydrogens is 234 g/mol. The van der Waals surface area contributed by atoms with Crippen molar-refractivity contribution in [3.8, 4) is 5.75 Å². The minimum absolute atomic E-state index is 0.0200. The van der Waals surface area contributed by atoms with Crippen LogP contribution in [0.1, 0.15) is 30.6 Å². The predicted molar refractivity (Wildman–Crippen MR) is 68.5 cm³/mol. The molecule has 0 fully saturated rings. The molecule has 0 amide bonds. The zero-order chi connectivity index (χ0) is 13.8. The second-order valence-electron chi connectivity index (χ2n) is 4.62. The van der Waals surface area contributed by atoms with Crippen molar-refractivity contribution >= 4 is 11.7 Å². The Kier molecular flexibility index (Phi) is 4.55. The number of aromatic hydroxyl groups is 1. The first kappa shape index (κ1) is 14.3. The van der Waals surface area contributed by atoms with E-state index in [-0.39, 0.29) is 29.2 Å². The van der Waals surface area contributed by atoms with Crippen LogP contribution in [0.2, 0.25) is 0 Å². The summed E-state index contributed by atoms with van der Waals surface area (Å²) in [5, 5.41) is 9.30. The van der Waals surface area contributed by atoms with Crippen LogP contribution in [0.25, 0.3) is 0 Å². The Morgan fingerprint density at radius 2 is 2.11 bits per heavy atom. The van der Waals surface area contributed by atoms with Crippen molar-refractivity contribution in [1.82, 2.24) is 0 Å². The zero-order valence-corrected chi connectivity index (χ0v) is 10.9. The van der Waals surface area contributed by atoms with Crippen LogP contribution in [0, 0.1) is 0 Å². The summed E-state index contributed by atoms with van der Waals surface area (Å²) in [4.78, 5) is 11.7. The number of phenolic OH excluding ortho intramolecular Hbond substituents is 1. The van der Waals surface area contributed by atoms with Crippen LogP contribution in [0.4, 0.5) is 5.69 Å². The van der Waals surface area contributed by atoms with Gasteiger partial charge in [0.25, 0.3) is 0 Å². The minimum Gasteiger partial charge on any atom is -0.508 e. The van der Waals surface area contributed by atoms with Gasteiger partial charge in [0.1, 0.15) is 5.75 Å². The van der Waals surface area contributed by atoms with E-state index in [1.54, 1.807) is 7.11 Å². The normalized spacial score (nSPS) is 11.3. The summed E-state index contributed by atoms with van der Waals surface area (Å²) in [7, 11) is 1.61. The van der Waals surface area contributed by atoms with E-state index in [1.807, 2.05) is 13.8 Å². The summed E-state index contributed by atoms with van der Waals surface area (Å²) in [6, 6.07) is 4.17. The van der Waals surface area contributed by atoms with Crippen LogP contribution < -0.4 is 5.73 Å². The molecule has 0 saturated carbocycles. The molecule has 1 rings (SSSR count).